The van der Waals surface area contributed by atoms with Crippen LogP contribution in [0.3, 0.4) is 0 Å². The van der Waals surface area contributed by atoms with Crippen LogP contribution in [0.1, 0.15) is 0 Å². The van der Waals surface area contributed by atoms with Crippen LogP contribution in [0.25, 0.3) is 0 Å². The van der Waals surface area contributed by atoms with Crippen LogP contribution in [0.15, 0.2) is 39.7 Å². The lowest BCUT2D eigenvalue weighted by molar-refractivity contribution is 0.597. The molecule has 0 radical (unpaired) electrons. The molecule has 0 saturated heterocycles. The van der Waals surface area contributed by atoms with E-state index in [4.69, 9.17) is 17.3 Å². The average Bonchev–Trinajstić information content (AvgIpc) is 2.38. The number of anilines is 2. The first-order valence-electron chi connectivity index (χ1n) is 5.43. The van der Waals surface area contributed by atoms with Gasteiger partial charge in [-0.2, -0.15) is 0 Å². The minimum Gasteiger partial charge on any atom is -0.396 e. The molecule has 0 aliphatic rings. The summed E-state index contributed by atoms with van der Waals surface area (Å²) in [6, 6.07) is 5.60. The van der Waals surface area contributed by atoms with Gasteiger partial charge in [0.2, 0.25) is 0 Å². The maximum Gasteiger partial charge on any atom is 0.263 e. The van der Waals surface area contributed by atoms with Gasteiger partial charge in [-0.25, -0.2) is 17.2 Å². The predicted octanol–water partition coefficient (Wildman–Crippen LogP) is 3.76. The third-order valence-electron chi connectivity index (χ3n) is 2.54. The summed E-state index contributed by atoms with van der Waals surface area (Å²) < 4.78 is 53.6. The second-order valence-corrected chi connectivity index (χ2v) is 6.92. The molecule has 0 spiro atoms. The lowest BCUT2D eigenvalue weighted by Gasteiger charge is -2.12. The molecule has 0 aromatic heterocycles. The number of nitrogens with two attached hydrogens (primary N) is 1. The number of sulfonamides is 1. The molecular formula is C12H8BrClF2N2O2S. The van der Waals surface area contributed by atoms with Crippen molar-refractivity contribution in [1.29, 1.82) is 0 Å². The van der Waals surface area contributed by atoms with Crippen molar-refractivity contribution >= 4 is 48.9 Å². The molecule has 0 aliphatic heterocycles. The third kappa shape index (κ3) is 3.28. The Labute approximate surface area is 133 Å². The highest BCUT2D eigenvalue weighted by molar-refractivity contribution is 9.10. The first-order chi connectivity index (χ1) is 9.72. The molecular weight excluding hydrogens is 390 g/mol. The zero-order valence-corrected chi connectivity index (χ0v) is 13.4. The van der Waals surface area contributed by atoms with Gasteiger partial charge >= 0.3 is 0 Å². The van der Waals surface area contributed by atoms with E-state index >= 15 is 0 Å². The number of hydrogen-bond acceptors (Lipinski definition) is 3. The number of rotatable bonds is 3. The molecule has 0 fully saturated rings. The fourth-order valence-electron chi connectivity index (χ4n) is 1.54. The lowest BCUT2D eigenvalue weighted by Crippen LogP contribution is -2.15. The van der Waals surface area contributed by atoms with Gasteiger partial charge in [-0.3, -0.25) is 4.72 Å². The Kier molecular flexibility index (Phi) is 4.40. The topological polar surface area (TPSA) is 72.2 Å². The smallest absolute Gasteiger partial charge is 0.263 e. The molecule has 0 bridgehead atoms. The van der Waals surface area contributed by atoms with Gasteiger partial charge in [0, 0.05) is 4.47 Å². The second kappa shape index (κ2) is 5.78. The van der Waals surface area contributed by atoms with Crippen LogP contribution in [-0.2, 0) is 10.0 Å². The van der Waals surface area contributed by atoms with Gasteiger partial charge in [0.1, 0.15) is 16.5 Å². The monoisotopic (exact) mass is 396 g/mol. The van der Waals surface area contributed by atoms with Crippen LogP contribution < -0.4 is 10.5 Å². The molecule has 0 atom stereocenters. The van der Waals surface area contributed by atoms with Crippen molar-refractivity contribution in [2.75, 3.05) is 10.5 Å². The lowest BCUT2D eigenvalue weighted by atomic mass is 10.3. The van der Waals surface area contributed by atoms with E-state index in [1.54, 1.807) is 0 Å². The highest BCUT2D eigenvalue weighted by Crippen LogP contribution is 2.31. The highest BCUT2D eigenvalue weighted by atomic mass is 79.9. The SMILES string of the molecule is Nc1cc(S(=O)(=O)Nc2c(F)cccc2Br)c(Cl)cc1F. The summed E-state index contributed by atoms with van der Waals surface area (Å²) in [7, 11) is -4.23. The predicted molar refractivity (Wildman–Crippen MR) is 80.7 cm³/mol. The van der Waals surface area contributed by atoms with E-state index in [1.807, 2.05) is 4.72 Å². The molecule has 0 aliphatic carbocycles. The summed E-state index contributed by atoms with van der Waals surface area (Å²) in [4.78, 5) is -0.446. The number of nitrogens with one attached hydrogen (secondary N) is 1. The van der Waals surface area contributed by atoms with E-state index in [9.17, 15) is 17.2 Å². The summed E-state index contributed by atoms with van der Waals surface area (Å²) in [5.41, 5.74) is 4.67. The maximum atomic E-state index is 13.7. The quantitative estimate of drug-likeness (QED) is 0.775. The van der Waals surface area contributed by atoms with E-state index in [2.05, 4.69) is 15.9 Å². The molecule has 0 saturated carbocycles. The Morgan fingerprint density at radius 2 is 1.86 bits per heavy atom. The number of halogens is 4. The van der Waals surface area contributed by atoms with Gasteiger partial charge in [0.25, 0.3) is 10.0 Å². The molecule has 21 heavy (non-hydrogen) atoms. The molecule has 3 N–H and O–H groups in total. The van der Waals surface area contributed by atoms with Crippen molar-refractivity contribution in [3.05, 3.63) is 51.5 Å². The Bertz CT molecular complexity index is 795. The standard InChI is InChI=1S/C12H8BrClF2N2O2S/c13-6-2-1-3-8(15)12(6)18-21(19,20)11-5-10(17)9(16)4-7(11)14/h1-5,18H,17H2. The first kappa shape index (κ1) is 16.0. The van der Waals surface area contributed by atoms with Gasteiger partial charge in [0.05, 0.1) is 16.4 Å². The summed E-state index contributed by atoms with van der Waals surface area (Å²) in [5, 5.41) is -0.360. The third-order valence-corrected chi connectivity index (χ3v) is 5.02. The molecule has 9 heteroatoms. The van der Waals surface area contributed by atoms with Crippen LogP contribution in [-0.4, -0.2) is 8.42 Å². The van der Waals surface area contributed by atoms with Crippen molar-refractivity contribution < 1.29 is 17.2 Å². The van der Waals surface area contributed by atoms with Gasteiger partial charge in [0.15, 0.2) is 0 Å². The molecule has 0 heterocycles. The normalized spacial score (nSPS) is 11.4. The Hall–Kier alpha value is -1.38. The number of nitrogen functional groups attached to an aromatic ring is 1. The van der Waals surface area contributed by atoms with E-state index in [0.717, 1.165) is 18.2 Å². The Morgan fingerprint density at radius 1 is 1.19 bits per heavy atom. The fraction of sp³-hybridized carbons (Fsp3) is 0. The summed E-state index contributed by atoms with van der Waals surface area (Å²) in [6.45, 7) is 0. The zero-order chi connectivity index (χ0) is 15.8. The van der Waals surface area contributed by atoms with E-state index in [-0.39, 0.29) is 20.9 Å². The van der Waals surface area contributed by atoms with E-state index in [0.29, 0.717) is 0 Å². The molecule has 2 aromatic carbocycles. The maximum absolute atomic E-state index is 13.7. The van der Waals surface area contributed by atoms with Crippen LogP contribution in [0.2, 0.25) is 5.02 Å². The molecule has 0 unspecified atom stereocenters. The highest BCUT2D eigenvalue weighted by Gasteiger charge is 2.22. The first-order valence-corrected chi connectivity index (χ1v) is 8.09. The van der Waals surface area contributed by atoms with E-state index in [1.165, 1.54) is 12.1 Å². The largest absolute Gasteiger partial charge is 0.396 e. The zero-order valence-electron chi connectivity index (χ0n) is 10.2. The summed E-state index contributed by atoms with van der Waals surface area (Å²) in [6.07, 6.45) is 0. The van der Waals surface area contributed by atoms with Crippen molar-refractivity contribution in [3.8, 4) is 0 Å². The molecule has 0 amide bonds. The van der Waals surface area contributed by atoms with Crippen molar-refractivity contribution in [2.45, 2.75) is 4.90 Å². The summed E-state index contributed by atoms with van der Waals surface area (Å²) >= 11 is 8.74. The van der Waals surface area contributed by atoms with Gasteiger partial charge in [-0.05, 0) is 40.2 Å². The number of benzene rings is 2. The number of para-hydroxylation sites is 1. The van der Waals surface area contributed by atoms with E-state index < -0.39 is 26.6 Å². The molecule has 4 nitrogen and oxygen atoms in total. The minimum absolute atomic E-state index is 0.206. The molecule has 2 aromatic rings. The second-order valence-electron chi connectivity index (χ2n) is 4.01. The molecule has 112 valence electrons. The van der Waals surface area contributed by atoms with Crippen LogP contribution in [0.5, 0.6) is 0 Å². The fourth-order valence-corrected chi connectivity index (χ4v) is 3.75. The van der Waals surface area contributed by atoms with Gasteiger partial charge in [-0.15, -0.1) is 0 Å². The minimum atomic E-state index is -4.23. The Balaban J connectivity index is 2.51. The van der Waals surface area contributed by atoms with Gasteiger partial charge in [-0.1, -0.05) is 17.7 Å². The van der Waals surface area contributed by atoms with Crippen LogP contribution >= 0.6 is 27.5 Å². The molecule has 2 rings (SSSR count). The van der Waals surface area contributed by atoms with Crippen molar-refractivity contribution in [2.24, 2.45) is 0 Å². The van der Waals surface area contributed by atoms with Crippen molar-refractivity contribution in [3.63, 3.8) is 0 Å². The average molecular weight is 398 g/mol. The van der Waals surface area contributed by atoms with Crippen molar-refractivity contribution in [1.82, 2.24) is 0 Å². The van der Waals surface area contributed by atoms with Crippen LogP contribution in [0, 0.1) is 11.6 Å². The number of hydrogen-bond donors (Lipinski definition) is 2. The Morgan fingerprint density at radius 3 is 2.48 bits per heavy atom. The van der Waals surface area contributed by atoms with Crippen LogP contribution in [0.4, 0.5) is 20.2 Å². The summed E-state index contributed by atoms with van der Waals surface area (Å²) in [5.74, 6) is -1.62. The van der Waals surface area contributed by atoms with Gasteiger partial charge < -0.3 is 5.73 Å².